The molecule has 0 spiro atoms. The first kappa shape index (κ1) is 11.8. The lowest BCUT2D eigenvalue weighted by Crippen LogP contribution is -2.19. The van der Waals surface area contributed by atoms with Gasteiger partial charge in [-0.25, -0.2) is 0 Å². The number of hydrogen-bond donors (Lipinski definition) is 1. The SMILES string of the molecule is Cc1ccc(NC2Cc3ccccc3C2)cc1Br. The smallest absolute Gasteiger partial charge is 0.0354 e. The second-order valence-electron chi connectivity index (χ2n) is 4.98. The summed E-state index contributed by atoms with van der Waals surface area (Å²) >= 11 is 3.58. The molecule has 0 aromatic heterocycles. The summed E-state index contributed by atoms with van der Waals surface area (Å²) in [6.07, 6.45) is 2.25. The molecule has 2 aromatic rings. The maximum atomic E-state index is 3.63. The van der Waals surface area contributed by atoms with E-state index in [1.54, 1.807) is 0 Å². The molecule has 0 saturated carbocycles. The minimum Gasteiger partial charge on any atom is -0.382 e. The lowest BCUT2D eigenvalue weighted by atomic mass is 10.1. The molecule has 0 bridgehead atoms. The van der Waals surface area contributed by atoms with Crippen LogP contribution in [0.5, 0.6) is 0 Å². The number of fused-ring (bicyclic) bond motifs is 1. The zero-order valence-corrected chi connectivity index (χ0v) is 12.0. The lowest BCUT2D eigenvalue weighted by Gasteiger charge is -2.14. The van der Waals surface area contributed by atoms with Gasteiger partial charge in [-0.3, -0.25) is 0 Å². The third kappa shape index (κ3) is 2.30. The Morgan fingerprint density at radius 3 is 2.33 bits per heavy atom. The number of benzene rings is 2. The molecular weight excluding hydrogens is 286 g/mol. The summed E-state index contributed by atoms with van der Waals surface area (Å²) in [5.41, 5.74) is 5.45. The van der Waals surface area contributed by atoms with Gasteiger partial charge in [0.25, 0.3) is 0 Å². The predicted octanol–water partition coefficient (Wildman–Crippen LogP) is 4.34. The quantitative estimate of drug-likeness (QED) is 0.870. The van der Waals surface area contributed by atoms with Crippen molar-refractivity contribution in [2.75, 3.05) is 5.32 Å². The van der Waals surface area contributed by atoms with Crippen LogP contribution in [0.25, 0.3) is 0 Å². The highest BCUT2D eigenvalue weighted by molar-refractivity contribution is 9.10. The van der Waals surface area contributed by atoms with Crippen molar-refractivity contribution in [2.24, 2.45) is 0 Å². The fraction of sp³-hybridized carbons (Fsp3) is 0.250. The molecule has 92 valence electrons. The molecule has 18 heavy (non-hydrogen) atoms. The van der Waals surface area contributed by atoms with Gasteiger partial charge in [-0.2, -0.15) is 0 Å². The van der Waals surface area contributed by atoms with Crippen LogP contribution < -0.4 is 5.32 Å². The van der Waals surface area contributed by atoms with E-state index in [9.17, 15) is 0 Å². The standard InChI is InChI=1S/C16H16BrN/c1-11-6-7-14(10-16(11)17)18-15-8-12-4-2-3-5-13(12)9-15/h2-7,10,15,18H,8-9H2,1H3. The van der Waals surface area contributed by atoms with Gasteiger partial charge < -0.3 is 5.32 Å². The largest absolute Gasteiger partial charge is 0.382 e. The average molecular weight is 302 g/mol. The maximum absolute atomic E-state index is 3.63. The molecule has 3 rings (SSSR count). The molecule has 0 radical (unpaired) electrons. The van der Waals surface area contributed by atoms with E-state index in [0.29, 0.717) is 6.04 Å². The van der Waals surface area contributed by atoms with Gasteiger partial charge in [-0.1, -0.05) is 46.3 Å². The highest BCUT2D eigenvalue weighted by atomic mass is 79.9. The van der Waals surface area contributed by atoms with Gasteiger partial charge in [0.2, 0.25) is 0 Å². The Balaban J connectivity index is 1.74. The van der Waals surface area contributed by atoms with Crippen LogP contribution in [0.4, 0.5) is 5.69 Å². The van der Waals surface area contributed by atoms with Gasteiger partial charge >= 0.3 is 0 Å². The van der Waals surface area contributed by atoms with Gasteiger partial charge in [-0.15, -0.1) is 0 Å². The Bertz CT molecular complexity index is 552. The molecule has 2 aromatic carbocycles. The van der Waals surface area contributed by atoms with Crippen molar-refractivity contribution in [3.05, 3.63) is 63.6 Å². The van der Waals surface area contributed by atoms with Gasteiger partial charge in [0.05, 0.1) is 0 Å². The summed E-state index contributed by atoms with van der Waals surface area (Å²) in [6, 6.07) is 15.7. The fourth-order valence-electron chi connectivity index (χ4n) is 2.58. The van der Waals surface area contributed by atoms with Crippen LogP contribution in [-0.2, 0) is 12.8 Å². The normalized spacial score (nSPS) is 14.6. The number of nitrogens with one attached hydrogen (secondary N) is 1. The third-order valence-electron chi connectivity index (χ3n) is 3.59. The van der Waals surface area contributed by atoms with Crippen LogP contribution in [0.3, 0.4) is 0 Å². The molecule has 0 aliphatic heterocycles. The molecule has 1 nitrogen and oxygen atoms in total. The molecule has 0 heterocycles. The molecule has 0 atom stereocenters. The van der Waals surface area contributed by atoms with Crippen molar-refractivity contribution in [3.8, 4) is 0 Å². The molecule has 0 fully saturated rings. The second-order valence-corrected chi connectivity index (χ2v) is 5.84. The minimum atomic E-state index is 0.525. The van der Waals surface area contributed by atoms with E-state index in [2.05, 4.69) is 70.6 Å². The van der Waals surface area contributed by atoms with Crippen molar-refractivity contribution in [3.63, 3.8) is 0 Å². The predicted molar refractivity (Wildman–Crippen MR) is 80.1 cm³/mol. The third-order valence-corrected chi connectivity index (χ3v) is 4.45. The molecular formula is C16H16BrN. The van der Waals surface area contributed by atoms with E-state index in [1.807, 2.05) is 0 Å². The van der Waals surface area contributed by atoms with Crippen molar-refractivity contribution in [1.29, 1.82) is 0 Å². The first-order valence-corrected chi connectivity index (χ1v) is 7.11. The van der Waals surface area contributed by atoms with Crippen molar-refractivity contribution < 1.29 is 0 Å². The highest BCUT2D eigenvalue weighted by Crippen LogP contribution is 2.26. The zero-order chi connectivity index (χ0) is 12.5. The van der Waals surface area contributed by atoms with Gasteiger partial charge in [-0.05, 0) is 48.6 Å². The van der Waals surface area contributed by atoms with Crippen LogP contribution in [0, 0.1) is 6.92 Å². The molecule has 2 heteroatoms. The van der Waals surface area contributed by atoms with Crippen LogP contribution in [0.2, 0.25) is 0 Å². The molecule has 1 N–H and O–H groups in total. The Hall–Kier alpha value is -1.28. The van der Waals surface area contributed by atoms with Crippen LogP contribution in [-0.4, -0.2) is 6.04 Å². The van der Waals surface area contributed by atoms with Crippen molar-refractivity contribution >= 4 is 21.6 Å². The van der Waals surface area contributed by atoms with E-state index in [1.165, 1.54) is 26.9 Å². The van der Waals surface area contributed by atoms with E-state index < -0.39 is 0 Å². The summed E-state index contributed by atoms with van der Waals surface area (Å²) < 4.78 is 1.17. The Kier molecular flexibility index (Phi) is 3.13. The topological polar surface area (TPSA) is 12.0 Å². The van der Waals surface area contributed by atoms with Crippen LogP contribution >= 0.6 is 15.9 Å². The zero-order valence-electron chi connectivity index (χ0n) is 10.4. The summed E-state index contributed by atoms with van der Waals surface area (Å²) in [4.78, 5) is 0. The molecule has 0 unspecified atom stereocenters. The van der Waals surface area contributed by atoms with Crippen molar-refractivity contribution in [2.45, 2.75) is 25.8 Å². The highest BCUT2D eigenvalue weighted by Gasteiger charge is 2.20. The number of halogens is 1. The van der Waals surface area contributed by atoms with Crippen LogP contribution in [0.15, 0.2) is 46.9 Å². The lowest BCUT2D eigenvalue weighted by molar-refractivity contribution is 0.774. The maximum Gasteiger partial charge on any atom is 0.0354 e. The fourth-order valence-corrected chi connectivity index (χ4v) is 2.96. The Morgan fingerprint density at radius 1 is 1.06 bits per heavy atom. The number of anilines is 1. The first-order chi connectivity index (χ1) is 8.72. The van der Waals surface area contributed by atoms with Gasteiger partial charge in [0.15, 0.2) is 0 Å². The van der Waals surface area contributed by atoms with E-state index in [4.69, 9.17) is 0 Å². The number of aryl methyl sites for hydroxylation is 1. The first-order valence-electron chi connectivity index (χ1n) is 6.32. The number of rotatable bonds is 2. The van der Waals surface area contributed by atoms with E-state index >= 15 is 0 Å². The molecule has 1 aliphatic rings. The summed E-state index contributed by atoms with van der Waals surface area (Å²) in [5, 5.41) is 3.63. The Labute approximate surface area is 116 Å². The van der Waals surface area contributed by atoms with E-state index in [0.717, 1.165) is 12.8 Å². The number of hydrogen-bond acceptors (Lipinski definition) is 1. The van der Waals surface area contributed by atoms with Gasteiger partial charge in [0, 0.05) is 16.2 Å². The second kappa shape index (κ2) is 4.77. The average Bonchev–Trinajstić information content (AvgIpc) is 2.76. The summed E-state index contributed by atoms with van der Waals surface area (Å²) in [5.74, 6) is 0. The summed E-state index contributed by atoms with van der Waals surface area (Å²) in [6.45, 7) is 2.11. The molecule has 0 amide bonds. The molecule has 1 aliphatic carbocycles. The Morgan fingerprint density at radius 2 is 1.72 bits per heavy atom. The van der Waals surface area contributed by atoms with E-state index in [-0.39, 0.29) is 0 Å². The monoisotopic (exact) mass is 301 g/mol. The molecule has 0 saturated heterocycles. The van der Waals surface area contributed by atoms with Crippen LogP contribution in [0.1, 0.15) is 16.7 Å². The summed E-state index contributed by atoms with van der Waals surface area (Å²) in [7, 11) is 0. The van der Waals surface area contributed by atoms with Gasteiger partial charge in [0.1, 0.15) is 0 Å². The van der Waals surface area contributed by atoms with Crippen molar-refractivity contribution in [1.82, 2.24) is 0 Å². The minimum absolute atomic E-state index is 0.525.